The lowest BCUT2D eigenvalue weighted by molar-refractivity contribution is -0.383. The average molecular weight is 430 g/mol. The molecule has 0 amide bonds. The second kappa shape index (κ2) is 8.14. The van der Waals surface area contributed by atoms with Crippen molar-refractivity contribution < 1.29 is 13.3 Å². The molecule has 0 aliphatic carbocycles. The first-order valence-electron chi connectivity index (χ1n) is 8.44. The highest BCUT2D eigenvalue weighted by molar-refractivity contribution is 7.92. The Morgan fingerprint density at radius 2 is 1.89 bits per heavy atom. The fraction of sp³-hybridized carbons (Fsp3) is 0.412. The molecule has 146 valence electrons. The maximum atomic E-state index is 11.8. The van der Waals surface area contributed by atoms with Gasteiger partial charge in [0.1, 0.15) is 4.21 Å². The molecule has 0 saturated carbocycles. The van der Waals surface area contributed by atoms with Crippen LogP contribution in [0.4, 0.5) is 10.7 Å². The first-order chi connectivity index (χ1) is 12.7. The Bertz CT molecular complexity index is 928. The molecule has 1 aromatic heterocycles. The second-order valence-corrected chi connectivity index (χ2v) is 10.2. The van der Waals surface area contributed by atoms with Crippen LogP contribution in [-0.2, 0) is 16.4 Å². The van der Waals surface area contributed by atoms with Crippen molar-refractivity contribution in [2.45, 2.75) is 17.2 Å². The van der Waals surface area contributed by atoms with E-state index >= 15 is 0 Å². The van der Waals surface area contributed by atoms with E-state index in [1.165, 1.54) is 6.07 Å². The lowest BCUT2D eigenvalue weighted by Gasteiger charge is -2.22. The molecule has 0 radical (unpaired) electrons. The van der Waals surface area contributed by atoms with Crippen molar-refractivity contribution in [2.24, 2.45) is 0 Å². The molecule has 10 heteroatoms. The third kappa shape index (κ3) is 4.98. The van der Waals surface area contributed by atoms with Crippen molar-refractivity contribution in [3.8, 4) is 0 Å². The van der Waals surface area contributed by atoms with Crippen molar-refractivity contribution in [1.82, 2.24) is 4.90 Å². The molecule has 0 N–H and O–H groups in total. The number of sulfone groups is 1. The summed E-state index contributed by atoms with van der Waals surface area (Å²) < 4.78 is 23.6. The maximum absolute atomic E-state index is 11.8. The zero-order chi connectivity index (χ0) is 19.6. The highest BCUT2D eigenvalue weighted by atomic mass is 35.5. The fourth-order valence-electron chi connectivity index (χ4n) is 3.07. The van der Waals surface area contributed by atoms with Gasteiger partial charge in [0.25, 0.3) is 0 Å². The minimum absolute atomic E-state index is 0.0338. The Balaban J connectivity index is 1.75. The van der Waals surface area contributed by atoms with Gasteiger partial charge < -0.3 is 4.90 Å². The highest BCUT2D eigenvalue weighted by Crippen LogP contribution is 2.40. The van der Waals surface area contributed by atoms with Crippen LogP contribution in [0.3, 0.4) is 0 Å². The quantitative estimate of drug-likeness (QED) is 0.534. The van der Waals surface area contributed by atoms with Gasteiger partial charge in [-0.3, -0.25) is 15.0 Å². The molecule has 1 aliphatic rings. The Kier molecular flexibility index (Phi) is 6.05. The van der Waals surface area contributed by atoms with E-state index in [1.807, 2.05) is 29.2 Å². The minimum Gasteiger partial charge on any atom is -0.356 e. The summed E-state index contributed by atoms with van der Waals surface area (Å²) in [6, 6.07) is 8.89. The van der Waals surface area contributed by atoms with Crippen molar-refractivity contribution in [2.75, 3.05) is 37.3 Å². The summed E-state index contributed by atoms with van der Waals surface area (Å²) in [6.07, 6.45) is 1.92. The van der Waals surface area contributed by atoms with Crippen molar-refractivity contribution in [3.05, 3.63) is 51.0 Å². The minimum atomic E-state index is -3.47. The molecular weight excluding hydrogens is 410 g/mol. The summed E-state index contributed by atoms with van der Waals surface area (Å²) in [5.74, 6) is 0. The number of benzene rings is 1. The SMILES string of the molecule is CS(=O)(=O)c1cc([N+](=O)[O-])c(N2CCCN(Cc3ccc(Cl)cc3)CC2)s1. The molecule has 2 heterocycles. The lowest BCUT2D eigenvalue weighted by atomic mass is 10.2. The molecule has 27 heavy (non-hydrogen) atoms. The second-order valence-electron chi connectivity index (χ2n) is 6.53. The number of hydrogen-bond donors (Lipinski definition) is 0. The van der Waals surface area contributed by atoms with Crippen LogP contribution in [0.15, 0.2) is 34.5 Å². The largest absolute Gasteiger partial charge is 0.356 e. The highest BCUT2D eigenvalue weighted by Gasteiger charge is 2.28. The Morgan fingerprint density at radius 3 is 2.52 bits per heavy atom. The number of nitro groups is 1. The Labute approximate surface area is 167 Å². The van der Waals surface area contributed by atoms with E-state index in [0.29, 0.717) is 23.1 Å². The van der Waals surface area contributed by atoms with E-state index in [4.69, 9.17) is 11.6 Å². The van der Waals surface area contributed by atoms with E-state index in [1.54, 1.807) is 0 Å². The summed E-state index contributed by atoms with van der Waals surface area (Å²) >= 11 is 6.91. The average Bonchev–Trinajstić information content (AvgIpc) is 2.93. The predicted octanol–water partition coefficient (Wildman–Crippen LogP) is 3.43. The predicted molar refractivity (Wildman–Crippen MR) is 108 cm³/mol. The Hall–Kier alpha value is -1.68. The van der Waals surface area contributed by atoms with Crippen LogP contribution >= 0.6 is 22.9 Å². The Morgan fingerprint density at radius 1 is 1.19 bits per heavy atom. The monoisotopic (exact) mass is 429 g/mol. The zero-order valence-corrected chi connectivity index (χ0v) is 17.2. The molecule has 1 aromatic carbocycles. The third-order valence-corrected chi connectivity index (χ3v) is 7.67. The van der Waals surface area contributed by atoms with Gasteiger partial charge in [-0.25, -0.2) is 8.42 Å². The first kappa shape index (κ1) is 20.1. The van der Waals surface area contributed by atoms with Crippen LogP contribution in [0, 0.1) is 10.1 Å². The molecule has 0 atom stereocenters. The number of anilines is 1. The normalized spacial score (nSPS) is 16.3. The van der Waals surface area contributed by atoms with E-state index in [0.717, 1.165) is 49.2 Å². The maximum Gasteiger partial charge on any atom is 0.305 e. The number of halogens is 1. The molecular formula is C17H20ClN3O4S2. The molecule has 0 bridgehead atoms. The van der Waals surface area contributed by atoms with Gasteiger partial charge in [-0.05, 0) is 24.1 Å². The van der Waals surface area contributed by atoms with Gasteiger partial charge in [0, 0.05) is 50.1 Å². The van der Waals surface area contributed by atoms with E-state index in [-0.39, 0.29) is 9.90 Å². The first-order valence-corrected chi connectivity index (χ1v) is 11.5. The summed E-state index contributed by atoms with van der Waals surface area (Å²) in [4.78, 5) is 15.1. The van der Waals surface area contributed by atoms with Crippen molar-refractivity contribution in [3.63, 3.8) is 0 Å². The number of rotatable bonds is 5. The molecule has 0 unspecified atom stereocenters. The van der Waals surface area contributed by atoms with Crippen molar-refractivity contribution in [1.29, 1.82) is 0 Å². The summed E-state index contributed by atoms with van der Waals surface area (Å²) in [5.41, 5.74) is 1.03. The topological polar surface area (TPSA) is 83.8 Å². The van der Waals surface area contributed by atoms with Crippen LogP contribution in [0.5, 0.6) is 0 Å². The zero-order valence-electron chi connectivity index (χ0n) is 14.8. The van der Waals surface area contributed by atoms with Crippen LogP contribution in [-0.4, -0.2) is 50.7 Å². The standard InChI is InChI=1S/C17H20ClN3O4S2/c1-27(24,25)16-11-15(21(22)23)17(26-16)20-8-2-7-19(9-10-20)12-13-3-5-14(18)6-4-13/h3-6,11H,2,7-10,12H2,1H3. The van der Waals surface area contributed by atoms with E-state index in [9.17, 15) is 18.5 Å². The van der Waals surface area contributed by atoms with Crippen LogP contribution in [0.25, 0.3) is 0 Å². The summed E-state index contributed by atoms with van der Waals surface area (Å²) in [5, 5.41) is 12.5. The van der Waals surface area contributed by atoms with E-state index in [2.05, 4.69) is 4.90 Å². The van der Waals surface area contributed by atoms with Gasteiger partial charge in [0.05, 0.1) is 4.92 Å². The van der Waals surface area contributed by atoms with Gasteiger partial charge in [0.2, 0.25) is 0 Å². The van der Waals surface area contributed by atoms with Crippen LogP contribution < -0.4 is 4.90 Å². The summed E-state index contributed by atoms with van der Waals surface area (Å²) in [6.45, 7) is 3.66. The molecule has 0 spiro atoms. The van der Waals surface area contributed by atoms with Gasteiger partial charge in [-0.15, -0.1) is 0 Å². The molecule has 3 rings (SSSR count). The fourth-order valence-corrected chi connectivity index (χ4v) is 5.28. The van der Waals surface area contributed by atoms with Crippen molar-refractivity contribution >= 4 is 43.5 Å². The lowest BCUT2D eigenvalue weighted by Crippen LogP contribution is -2.30. The molecule has 1 fully saturated rings. The van der Waals surface area contributed by atoms with Gasteiger partial charge in [-0.1, -0.05) is 35.1 Å². The molecule has 1 aliphatic heterocycles. The van der Waals surface area contributed by atoms with Crippen LogP contribution in [0.1, 0.15) is 12.0 Å². The molecule has 2 aromatic rings. The third-order valence-electron chi connectivity index (χ3n) is 4.43. The van der Waals surface area contributed by atoms with Gasteiger partial charge in [-0.2, -0.15) is 0 Å². The van der Waals surface area contributed by atoms with Gasteiger partial charge in [0.15, 0.2) is 14.8 Å². The van der Waals surface area contributed by atoms with E-state index < -0.39 is 14.8 Å². The smallest absolute Gasteiger partial charge is 0.305 e. The number of hydrogen-bond acceptors (Lipinski definition) is 7. The molecule has 7 nitrogen and oxygen atoms in total. The van der Waals surface area contributed by atoms with Crippen LogP contribution in [0.2, 0.25) is 5.02 Å². The number of nitrogens with zero attached hydrogens (tertiary/aromatic N) is 3. The summed E-state index contributed by atoms with van der Waals surface area (Å²) in [7, 11) is -3.47. The number of thiophene rings is 1. The molecule has 1 saturated heterocycles. The van der Waals surface area contributed by atoms with Gasteiger partial charge >= 0.3 is 5.69 Å².